The van der Waals surface area contributed by atoms with Crippen LogP contribution in [0.2, 0.25) is 0 Å². The van der Waals surface area contributed by atoms with E-state index in [0.717, 1.165) is 18.4 Å². The molecule has 1 fully saturated rings. The lowest BCUT2D eigenvalue weighted by Crippen LogP contribution is -2.54. The van der Waals surface area contributed by atoms with Crippen molar-refractivity contribution in [3.63, 3.8) is 0 Å². The van der Waals surface area contributed by atoms with Gasteiger partial charge in [0.1, 0.15) is 18.3 Å². The molecule has 2 aromatic rings. The summed E-state index contributed by atoms with van der Waals surface area (Å²) < 4.78 is 0. The SMILES string of the molecule is CCNC1(C=O)CCN(c2ncncc2NC(=O)c2ccccc2C)CC1. The van der Waals surface area contributed by atoms with Crippen LogP contribution >= 0.6 is 0 Å². The summed E-state index contributed by atoms with van der Waals surface area (Å²) in [6.07, 6.45) is 5.50. The van der Waals surface area contributed by atoms with Crippen molar-refractivity contribution in [3.05, 3.63) is 47.9 Å². The largest absolute Gasteiger partial charge is 0.355 e. The van der Waals surface area contributed by atoms with Crippen molar-refractivity contribution >= 4 is 23.7 Å². The number of likely N-dealkylation sites (N-methyl/N-ethyl adjacent to an activating group) is 1. The Hall–Kier alpha value is -2.80. The first-order valence-electron chi connectivity index (χ1n) is 9.22. The molecule has 1 aliphatic rings. The molecular weight excluding hydrogens is 342 g/mol. The number of piperidine rings is 1. The Kier molecular flexibility index (Phi) is 5.81. The van der Waals surface area contributed by atoms with Crippen LogP contribution in [0.1, 0.15) is 35.7 Å². The number of nitrogens with zero attached hydrogens (tertiary/aromatic N) is 3. The molecule has 7 heteroatoms. The van der Waals surface area contributed by atoms with Gasteiger partial charge < -0.3 is 20.3 Å². The second-order valence-corrected chi connectivity index (χ2v) is 6.82. The van der Waals surface area contributed by atoms with Crippen molar-refractivity contribution in [3.8, 4) is 0 Å². The molecule has 2 N–H and O–H groups in total. The van der Waals surface area contributed by atoms with Crippen molar-refractivity contribution < 1.29 is 9.59 Å². The van der Waals surface area contributed by atoms with Crippen LogP contribution in [0.3, 0.4) is 0 Å². The first-order valence-corrected chi connectivity index (χ1v) is 9.22. The molecule has 1 aromatic carbocycles. The molecule has 27 heavy (non-hydrogen) atoms. The average molecular weight is 367 g/mol. The van der Waals surface area contributed by atoms with Crippen molar-refractivity contribution in [2.75, 3.05) is 29.9 Å². The van der Waals surface area contributed by atoms with E-state index in [-0.39, 0.29) is 5.91 Å². The second-order valence-electron chi connectivity index (χ2n) is 6.82. The van der Waals surface area contributed by atoms with Gasteiger partial charge in [0, 0.05) is 18.7 Å². The summed E-state index contributed by atoms with van der Waals surface area (Å²) in [7, 11) is 0. The zero-order valence-electron chi connectivity index (χ0n) is 15.7. The van der Waals surface area contributed by atoms with Crippen LogP contribution in [-0.2, 0) is 4.79 Å². The highest BCUT2D eigenvalue weighted by atomic mass is 16.1. The minimum Gasteiger partial charge on any atom is -0.355 e. The van der Waals surface area contributed by atoms with Gasteiger partial charge in [0.2, 0.25) is 0 Å². The molecule has 2 heterocycles. The van der Waals surface area contributed by atoms with Gasteiger partial charge in [0.15, 0.2) is 5.82 Å². The van der Waals surface area contributed by atoms with E-state index in [4.69, 9.17) is 0 Å². The van der Waals surface area contributed by atoms with E-state index in [2.05, 4.69) is 25.5 Å². The second kappa shape index (κ2) is 8.26. The maximum Gasteiger partial charge on any atom is 0.256 e. The molecule has 1 aromatic heterocycles. The molecule has 1 aliphatic heterocycles. The van der Waals surface area contributed by atoms with Crippen LogP contribution in [0.15, 0.2) is 36.8 Å². The number of aldehydes is 1. The minimum atomic E-state index is -0.469. The fourth-order valence-electron chi connectivity index (χ4n) is 3.49. The Balaban J connectivity index is 1.76. The van der Waals surface area contributed by atoms with Gasteiger partial charge in [0.25, 0.3) is 5.91 Å². The van der Waals surface area contributed by atoms with Crippen LogP contribution in [0.5, 0.6) is 0 Å². The summed E-state index contributed by atoms with van der Waals surface area (Å²) >= 11 is 0. The maximum absolute atomic E-state index is 12.7. The number of carbonyl (C=O) groups excluding carboxylic acids is 2. The molecule has 0 radical (unpaired) electrons. The van der Waals surface area contributed by atoms with Crippen molar-refractivity contribution in [1.82, 2.24) is 15.3 Å². The lowest BCUT2D eigenvalue weighted by Gasteiger charge is -2.39. The highest BCUT2D eigenvalue weighted by molar-refractivity contribution is 6.06. The zero-order chi connectivity index (χ0) is 19.3. The van der Waals surface area contributed by atoms with E-state index < -0.39 is 5.54 Å². The third kappa shape index (κ3) is 4.14. The molecule has 0 saturated carbocycles. The van der Waals surface area contributed by atoms with E-state index in [0.29, 0.717) is 43.0 Å². The van der Waals surface area contributed by atoms with Gasteiger partial charge in [-0.05, 0) is 37.9 Å². The van der Waals surface area contributed by atoms with Gasteiger partial charge in [0.05, 0.1) is 11.7 Å². The lowest BCUT2D eigenvalue weighted by molar-refractivity contribution is -0.114. The molecule has 7 nitrogen and oxygen atoms in total. The number of aromatic nitrogens is 2. The molecule has 0 unspecified atom stereocenters. The highest BCUT2D eigenvalue weighted by Crippen LogP contribution is 2.28. The van der Waals surface area contributed by atoms with E-state index in [1.54, 1.807) is 12.3 Å². The summed E-state index contributed by atoms with van der Waals surface area (Å²) in [5.74, 6) is 0.499. The van der Waals surface area contributed by atoms with Gasteiger partial charge >= 0.3 is 0 Å². The average Bonchev–Trinajstić information content (AvgIpc) is 2.69. The maximum atomic E-state index is 12.7. The quantitative estimate of drug-likeness (QED) is 0.761. The Morgan fingerprint density at radius 1 is 1.30 bits per heavy atom. The van der Waals surface area contributed by atoms with Gasteiger partial charge in [-0.3, -0.25) is 4.79 Å². The summed E-state index contributed by atoms with van der Waals surface area (Å²) in [5.41, 5.74) is 1.64. The number of hydrogen-bond acceptors (Lipinski definition) is 6. The lowest BCUT2D eigenvalue weighted by atomic mass is 9.89. The Bertz CT molecular complexity index is 816. The summed E-state index contributed by atoms with van der Waals surface area (Å²) in [4.78, 5) is 34.8. The van der Waals surface area contributed by atoms with E-state index >= 15 is 0 Å². The molecule has 1 amide bonds. The normalized spacial score (nSPS) is 16.0. The highest BCUT2D eigenvalue weighted by Gasteiger charge is 2.34. The molecule has 0 bridgehead atoms. The summed E-state index contributed by atoms with van der Waals surface area (Å²) in [6, 6.07) is 7.45. The summed E-state index contributed by atoms with van der Waals surface area (Å²) in [5, 5.41) is 6.23. The Morgan fingerprint density at radius 3 is 2.70 bits per heavy atom. The van der Waals surface area contributed by atoms with E-state index in [1.807, 2.05) is 32.0 Å². The van der Waals surface area contributed by atoms with Crippen molar-refractivity contribution in [2.24, 2.45) is 0 Å². The molecule has 0 aliphatic carbocycles. The first-order chi connectivity index (χ1) is 13.1. The molecule has 3 rings (SSSR count). The third-order valence-corrected chi connectivity index (χ3v) is 5.04. The Morgan fingerprint density at radius 2 is 2.04 bits per heavy atom. The zero-order valence-corrected chi connectivity index (χ0v) is 15.7. The number of hydrogen-bond donors (Lipinski definition) is 2. The van der Waals surface area contributed by atoms with E-state index in [9.17, 15) is 9.59 Å². The Labute approximate surface area is 159 Å². The van der Waals surface area contributed by atoms with Crippen LogP contribution < -0.4 is 15.5 Å². The van der Waals surface area contributed by atoms with Crippen LogP contribution in [0.4, 0.5) is 11.5 Å². The fourth-order valence-corrected chi connectivity index (χ4v) is 3.49. The predicted molar refractivity (Wildman–Crippen MR) is 105 cm³/mol. The number of amides is 1. The van der Waals surface area contributed by atoms with Crippen LogP contribution in [-0.4, -0.2) is 47.3 Å². The molecule has 0 atom stereocenters. The third-order valence-electron chi connectivity index (χ3n) is 5.04. The van der Waals surface area contributed by atoms with Gasteiger partial charge in [-0.2, -0.15) is 0 Å². The summed E-state index contributed by atoms with van der Waals surface area (Å²) in [6.45, 7) is 6.01. The van der Waals surface area contributed by atoms with Gasteiger partial charge in [-0.15, -0.1) is 0 Å². The molecule has 0 spiro atoms. The van der Waals surface area contributed by atoms with Crippen LogP contribution in [0.25, 0.3) is 0 Å². The van der Waals surface area contributed by atoms with E-state index in [1.165, 1.54) is 6.33 Å². The number of anilines is 2. The first kappa shape index (κ1) is 19.0. The van der Waals surface area contributed by atoms with Crippen molar-refractivity contribution in [2.45, 2.75) is 32.2 Å². The standard InChI is InChI=1S/C20H25N5O2/c1-3-23-20(13-26)8-10-25(11-9-20)18-17(12-21-14-22-18)24-19(27)16-7-5-4-6-15(16)2/h4-7,12-14,23H,3,8-11H2,1-2H3,(H,24,27). The smallest absolute Gasteiger partial charge is 0.256 e. The molecule has 1 saturated heterocycles. The monoisotopic (exact) mass is 367 g/mol. The number of nitrogens with one attached hydrogen (secondary N) is 2. The topological polar surface area (TPSA) is 87.2 Å². The van der Waals surface area contributed by atoms with Gasteiger partial charge in [-0.25, -0.2) is 9.97 Å². The number of aryl methyl sites for hydroxylation is 1. The predicted octanol–water partition coefficient (Wildman–Crippen LogP) is 2.18. The molecule has 142 valence electrons. The number of carbonyl (C=O) groups is 2. The van der Waals surface area contributed by atoms with Crippen molar-refractivity contribution in [1.29, 1.82) is 0 Å². The van der Waals surface area contributed by atoms with Crippen LogP contribution in [0, 0.1) is 6.92 Å². The molecular formula is C20H25N5O2. The minimum absolute atomic E-state index is 0.184. The van der Waals surface area contributed by atoms with Gasteiger partial charge in [-0.1, -0.05) is 25.1 Å². The number of benzene rings is 1. The fraction of sp³-hybridized carbons (Fsp3) is 0.400. The number of rotatable bonds is 6.